The quantitative estimate of drug-likeness (QED) is 0.174. The van der Waals surface area contributed by atoms with Crippen molar-refractivity contribution in [2.75, 3.05) is 0 Å². The van der Waals surface area contributed by atoms with E-state index in [1.54, 1.807) is 0 Å². The van der Waals surface area contributed by atoms with Gasteiger partial charge in [-0.15, -0.1) is 0 Å². The smallest absolute Gasteiger partial charge is 0.0759 e. The second kappa shape index (κ2) is 18.1. The highest BCUT2D eigenvalue weighted by atomic mass is 16.5. The van der Waals surface area contributed by atoms with Crippen LogP contribution in [0.3, 0.4) is 0 Å². The predicted octanol–water partition coefficient (Wildman–Crippen LogP) is 8.76. The van der Waals surface area contributed by atoms with E-state index in [1.807, 2.05) is 0 Å². The summed E-state index contributed by atoms with van der Waals surface area (Å²) in [4.78, 5) is 0. The van der Waals surface area contributed by atoms with Gasteiger partial charge in [0.05, 0.1) is 12.2 Å². The molecular weight excluding hydrogens is 316 g/mol. The Morgan fingerprint density at radius 1 is 0.615 bits per heavy atom. The van der Waals surface area contributed by atoms with Gasteiger partial charge in [-0.05, 0) is 19.3 Å². The van der Waals surface area contributed by atoms with Crippen LogP contribution in [0.1, 0.15) is 136 Å². The highest BCUT2D eigenvalue weighted by Crippen LogP contribution is 2.22. The largest absolute Gasteiger partial charge is 0.371 e. The van der Waals surface area contributed by atoms with Crippen LogP contribution >= 0.6 is 0 Å². The summed E-state index contributed by atoms with van der Waals surface area (Å²) in [5.74, 6) is 0. The monoisotopic (exact) mass is 364 g/mol. The number of hydrogen-bond acceptors (Lipinski definition) is 1. The normalized spacial score (nSPS) is 19.9. The molecule has 26 heavy (non-hydrogen) atoms. The summed E-state index contributed by atoms with van der Waals surface area (Å²) < 4.78 is 6.32. The molecule has 1 heteroatoms. The van der Waals surface area contributed by atoms with Crippen LogP contribution in [0.2, 0.25) is 0 Å². The van der Waals surface area contributed by atoms with E-state index >= 15 is 0 Å². The molecule has 1 rings (SSSR count). The van der Waals surface area contributed by atoms with Crippen molar-refractivity contribution in [3.05, 3.63) is 12.2 Å². The molecule has 0 aromatic carbocycles. The van der Waals surface area contributed by atoms with Crippen LogP contribution in [0.25, 0.3) is 0 Å². The Kier molecular flexibility index (Phi) is 16.5. The van der Waals surface area contributed by atoms with Gasteiger partial charge in [0, 0.05) is 0 Å². The minimum absolute atomic E-state index is 0.405. The van der Waals surface area contributed by atoms with Crippen molar-refractivity contribution in [3.8, 4) is 0 Å². The lowest BCUT2D eigenvalue weighted by molar-refractivity contribution is -0.00434. The lowest BCUT2D eigenvalue weighted by Gasteiger charge is -2.26. The topological polar surface area (TPSA) is 9.23 Å². The zero-order chi connectivity index (χ0) is 18.7. The summed E-state index contributed by atoms with van der Waals surface area (Å²) in [6.07, 6.45) is 31.8. The molecule has 1 aliphatic heterocycles. The molecule has 0 unspecified atom stereocenters. The van der Waals surface area contributed by atoms with Crippen molar-refractivity contribution in [1.29, 1.82) is 0 Å². The second-order valence-electron chi connectivity index (χ2n) is 8.49. The van der Waals surface area contributed by atoms with Crippen molar-refractivity contribution < 1.29 is 4.74 Å². The highest BCUT2D eigenvalue weighted by molar-refractivity contribution is 4.96. The lowest BCUT2D eigenvalue weighted by atomic mass is 10.0. The van der Waals surface area contributed by atoms with Crippen LogP contribution in [0.5, 0.6) is 0 Å². The van der Waals surface area contributed by atoms with Crippen LogP contribution in [0.15, 0.2) is 12.2 Å². The van der Waals surface area contributed by atoms with Crippen LogP contribution in [-0.4, -0.2) is 12.2 Å². The van der Waals surface area contributed by atoms with E-state index in [9.17, 15) is 0 Å². The van der Waals surface area contributed by atoms with Crippen LogP contribution < -0.4 is 0 Å². The van der Waals surface area contributed by atoms with Crippen LogP contribution in [0.4, 0.5) is 0 Å². The molecular formula is C25H48O. The molecule has 2 atom stereocenters. The van der Waals surface area contributed by atoms with Gasteiger partial charge in [0.2, 0.25) is 0 Å². The number of unbranched alkanes of at least 4 members (excludes halogenated alkanes) is 14. The molecule has 0 aliphatic carbocycles. The summed E-state index contributed by atoms with van der Waals surface area (Å²) in [6.45, 7) is 4.58. The Hall–Kier alpha value is -0.300. The van der Waals surface area contributed by atoms with Gasteiger partial charge in [-0.25, -0.2) is 0 Å². The van der Waals surface area contributed by atoms with E-state index in [0.717, 1.165) is 6.42 Å². The van der Waals surface area contributed by atoms with Gasteiger partial charge < -0.3 is 4.74 Å². The third kappa shape index (κ3) is 13.8. The van der Waals surface area contributed by atoms with Crippen molar-refractivity contribution in [2.45, 2.75) is 148 Å². The van der Waals surface area contributed by atoms with E-state index in [-0.39, 0.29) is 0 Å². The van der Waals surface area contributed by atoms with E-state index in [4.69, 9.17) is 4.74 Å². The maximum atomic E-state index is 6.32. The third-order valence-corrected chi connectivity index (χ3v) is 5.84. The Balaban J connectivity index is 1.92. The number of hydrogen-bond donors (Lipinski definition) is 0. The van der Waals surface area contributed by atoms with E-state index in [1.165, 1.54) is 116 Å². The Morgan fingerprint density at radius 3 is 1.62 bits per heavy atom. The molecule has 0 radical (unpaired) electrons. The SMILES string of the molecule is CCCCCCCCCC[C@H]1CC=C[C@H](CCCCCCCCCC)O1. The first kappa shape index (κ1) is 23.7. The first-order chi connectivity index (χ1) is 12.9. The van der Waals surface area contributed by atoms with Crippen LogP contribution in [-0.2, 0) is 4.74 Å². The van der Waals surface area contributed by atoms with Crippen molar-refractivity contribution in [2.24, 2.45) is 0 Å². The Bertz CT molecular complexity index is 309. The molecule has 1 nitrogen and oxygen atoms in total. The van der Waals surface area contributed by atoms with E-state index in [2.05, 4.69) is 26.0 Å². The Labute approximate surface area is 165 Å². The zero-order valence-electron chi connectivity index (χ0n) is 18.2. The van der Waals surface area contributed by atoms with Crippen LogP contribution in [0, 0.1) is 0 Å². The second-order valence-corrected chi connectivity index (χ2v) is 8.49. The third-order valence-electron chi connectivity index (χ3n) is 5.84. The van der Waals surface area contributed by atoms with Gasteiger partial charge in [-0.2, -0.15) is 0 Å². The van der Waals surface area contributed by atoms with E-state index in [0.29, 0.717) is 12.2 Å². The van der Waals surface area contributed by atoms with Crippen molar-refractivity contribution in [1.82, 2.24) is 0 Å². The lowest BCUT2D eigenvalue weighted by Crippen LogP contribution is -2.24. The van der Waals surface area contributed by atoms with Gasteiger partial charge in [-0.3, -0.25) is 0 Å². The van der Waals surface area contributed by atoms with Gasteiger partial charge in [0.25, 0.3) is 0 Å². The van der Waals surface area contributed by atoms with Gasteiger partial charge in [0.1, 0.15) is 0 Å². The number of rotatable bonds is 18. The standard InChI is InChI=1S/C25H48O/c1-3-5-7-9-11-13-15-17-20-24-22-19-23-25(26-24)21-18-16-14-12-10-8-6-4-2/h19,22,24-25H,3-18,20-21,23H2,1-2H3/t24-,25-/m0/s1. The first-order valence-corrected chi connectivity index (χ1v) is 12.2. The fourth-order valence-corrected chi connectivity index (χ4v) is 4.07. The molecule has 1 aliphatic rings. The number of ether oxygens (including phenoxy) is 1. The summed E-state index contributed by atoms with van der Waals surface area (Å²) in [7, 11) is 0. The van der Waals surface area contributed by atoms with Gasteiger partial charge in [0.15, 0.2) is 0 Å². The van der Waals surface area contributed by atoms with Crippen molar-refractivity contribution >= 4 is 0 Å². The molecule has 1 heterocycles. The maximum absolute atomic E-state index is 6.32. The average molecular weight is 365 g/mol. The van der Waals surface area contributed by atoms with Crippen molar-refractivity contribution in [3.63, 3.8) is 0 Å². The molecule has 0 saturated carbocycles. The molecule has 0 amide bonds. The molecule has 0 aromatic rings. The molecule has 0 N–H and O–H groups in total. The Morgan fingerprint density at radius 2 is 1.08 bits per heavy atom. The molecule has 154 valence electrons. The summed E-state index contributed by atoms with van der Waals surface area (Å²) in [5.41, 5.74) is 0. The molecule has 0 fully saturated rings. The minimum atomic E-state index is 0.405. The fourth-order valence-electron chi connectivity index (χ4n) is 4.07. The molecule has 0 aromatic heterocycles. The van der Waals surface area contributed by atoms with E-state index < -0.39 is 0 Å². The molecule has 0 spiro atoms. The highest BCUT2D eigenvalue weighted by Gasteiger charge is 2.17. The van der Waals surface area contributed by atoms with Gasteiger partial charge in [-0.1, -0.05) is 129 Å². The maximum Gasteiger partial charge on any atom is 0.0759 e. The predicted molar refractivity (Wildman–Crippen MR) is 117 cm³/mol. The first-order valence-electron chi connectivity index (χ1n) is 12.2. The molecule has 0 saturated heterocycles. The minimum Gasteiger partial charge on any atom is -0.371 e. The molecule has 0 bridgehead atoms. The summed E-state index contributed by atoms with van der Waals surface area (Å²) in [6, 6.07) is 0. The summed E-state index contributed by atoms with van der Waals surface area (Å²) in [5, 5.41) is 0. The summed E-state index contributed by atoms with van der Waals surface area (Å²) >= 11 is 0. The average Bonchev–Trinajstić information content (AvgIpc) is 2.66. The van der Waals surface area contributed by atoms with Gasteiger partial charge >= 0.3 is 0 Å². The fraction of sp³-hybridized carbons (Fsp3) is 0.920. The zero-order valence-corrected chi connectivity index (χ0v) is 18.2.